The smallest absolute Gasteiger partial charge is 0.0769 e. The van der Waals surface area contributed by atoms with E-state index in [9.17, 15) is 5.11 Å². The van der Waals surface area contributed by atoms with E-state index < -0.39 is 6.10 Å². The van der Waals surface area contributed by atoms with Crippen molar-refractivity contribution in [3.8, 4) is 12.3 Å². The molecular formula is C10H14O. The zero-order valence-electron chi connectivity index (χ0n) is 7.09. The van der Waals surface area contributed by atoms with Crippen LogP contribution in [0, 0.1) is 12.3 Å². The van der Waals surface area contributed by atoms with Crippen molar-refractivity contribution < 1.29 is 5.11 Å². The number of aliphatic hydroxyl groups is 1. The van der Waals surface area contributed by atoms with Crippen molar-refractivity contribution >= 4 is 0 Å². The second kappa shape index (κ2) is 4.76. The summed E-state index contributed by atoms with van der Waals surface area (Å²) in [5.41, 5.74) is 1.72. The summed E-state index contributed by atoms with van der Waals surface area (Å²) in [6.07, 6.45) is 6.81. The highest BCUT2D eigenvalue weighted by atomic mass is 16.3. The second-order valence-electron chi connectivity index (χ2n) is 2.76. The Balaban J connectivity index is 3.91. The molecule has 0 amide bonds. The van der Waals surface area contributed by atoms with Crippen molar-refractivity contribution in [1.82, 2.24) is 0 Å². The molecule has 1 N–H and O–H groups in total. The standard InChI is InChI=1S/C10H14O/c1-5-9(4)7-10(11)6-8(2)3/h1,6,10-11H,4,7H2,2-3H3. The van der Waals surface area contributed by atoms with Crippen LogP contribution in [0.1, 0.15) is 20.3 Å². The van der Waals surface area contributed by atoms with Gasteiger partial charge >= 0.3 is 0 Å². The third-order valence-electron chi connectivity index (χ3n) is 1.19. The van der Waals surface area contributed by atoms with Gasteiger partial charge in [-0.3, -0.25) is 0 Å². The van der Waals surface area contributed by atoms with Gasteiger partial charge in [-0.2, -0.15) is 0 Å². The molecule has 1 atom stereocenters. The summed E-state index contributed by atoms with van der Waals surface area (Å²) in [5, 5.41) is 9.29. The van der Waals surface area contributed by atoms with Crippen LogP contribution in [0.4, 0.5) is 0 Å². The Bertz CT molecular complexity index is 201. The first kappa shape index (κ1) is 10.0. The van der Waals surface area contributed by atoms with Crippen LogP contribution in [0.5, 0.6) is 0 Å². The molecule has 0 aromatic heterocycles. The second-order valence-corrected chi connectivity index (χ2v) is 2.76. The van der Waals surface area contributed by atoms with Crippen LogP contribution >= 0.6 is 0 Å². The summed E-state index contributed by atoms with van der Waals surface area (Å²) in [6.45, 7) is 7.46. The van der Waals surface area contributed by atoms with E-state index in [0.29, 0.717) is 12.0 Å². The topological polar surface area (TPSA) is 20.2 Å². The summed E-state index contributed by atoms with van der Waals surface area (Å²) in [6, 6.07) is 0. The fourth-order valence-corrected chi connectivity index (χ4v) is 0.755. The van der Waals surface area contributed by atoms with Crippen LogP contribution in [-0.2, 0) is 0 Å². The van der Waals surface area contributed by atoms with Gasteiger partial charge in [0, 0.05) is 6.42 Å². The molecule has 1 heteroatoms. The van der Waals surface area contributed by atoms with Gasteiger partial charge in [-0.1, -0.05) is 24.1 Å². The van der Waals surface area contributed by atoms with E-state index in [0.717, 1.165) is 5.57 Å². The van der Waals surface area contributed by atoms with Crippen LogP contribution in [0.25, 0.3) is 0 Å². The van der Waals surface area contributed by atoms with Gasteiger partial charge in [0.05, 0.1) is 6.10 Å². The number of terminal acetylenes is 1. The summed E-state index contributed by atoms with van der Waals surface area (Å²) in [5.74, 6) is 2.39. The molecule has 0 rings (SSSR count). The highest BCUT2D eigenvalue weighted by Gasteiger charge is 1.99. The zero-order chi connectivity index (χ0) is 8.85. The van der Waals surface area contributed by atoms with Crippen molar-refractivity contribution in [2.24, 2.45) is 0 Å². The first-order valence-electron chi connectivity index (χ1n) is 3.53. The average Bonchev–Trinajstić information content (AvgIpc) is 1.85. The van der Waals surface area contributed by atoms with E-state index in [1.54, 1.807) is 6.08 Å². The van der Waals surface area contributed by atoms with E-state index in [4.69, 9.17) is 6.42 Å². The Morgan fingerprint density at radius 3 is 2.64 bits per heavy atom. The number of hydrogen-bond acceptors (Lipinski definition) is 1. The van der Waals surface area contributed by atoms with Crippen molar-refractivity contribution in [1.29, 1.82) is 0 Å². The van der Waals surface area contributed by atoms with Gasteiger partial charge in [-0.25, -0.2) is 0 Å². The molecule has 0 radical (unpaired) electrons. The molecule has 0 bridgehead atoms. The molecule has 0 heterocycles. The van der Waals surface area contributed by atoms with Crippen molar-refractivity contribution in [3.05, 3.63) is 23.8 Å². The molecule has 0 saturated heterocycles. The Labute approximate surface area is 68.4 Å². The van der Waals surface area contributed by atoms with Gasteiger partial charge < -0.3 is 5.11 Å². The summed E-state index contributed by atoms with van der Waals surface area (Å²) >= 11 is 0. The minimum Gasteiger partial charge on any atom is -0.389 e. The molecule has 1 unspecified atom stereocenters. The molecule has 0 fully saturated rings. The number of hydrogen-bond donors (Lipinski definition) is 1. The minimum absolute atomic E-state index is 0.460. The third kappa shape index (κ3) is 5.44. The van der Waals surface area contributed by atoms with Crippen LogP contribution in [0.15, 0.2) is 23.8 Å². The third-order valence-corrected chi connectivity index (χ3v) is 1.19. The SMILES string of the molecule is C#CC(=C)CC(O)C=C(C)C. The monoisotopic (exact) mass is 150 g/mol. The largest absolute Gasteiger partial charge is 0.389 e. The maximum absolute atomic E-state index is 9.29. The molecule has 1 nitrogen and oxygen atoms in total. The van der Waals surface area contributed by atoms with Crippen LogP contribution in [0.2, 0.25) is 0 Å². The van der Waals surface area contributed by atoms with E-state index in [-0.39, 0.29) is 0 Å². The number of allylic oxidation sites excluding steroid dienone is 1. The van der Waals surface area contributed by atoms with Crippen LogP contribution in [-0.4, -0.2) is 11.2 Å². The van der Waals surface area contributed by atoms with E-state index in [1.165, 1.54) is 0 Å². The molecule has 0 spiro atoms. The lowest BCUT2D eigenvalue weighted by Crippen LogP contribution is -2.02. The quantitative estimate of drug-likeness (QED) is 0.481. The molecule has 0 aromatic carbocycles. The Hall–Kier alpha value is -1.00. The Kier molecular flexibility index (Phi) is 4.33. The van der Waals surface area contributed by atoms with Crippen LogP contribution in [0.3, 0.4) is 0 Å². The van der Waals surface area contributed by atoms with E-state index in [2.05, 4.69) is 12.5 Å². The van der Waals surface area contributed by atoms with E-state index >= 15 is 0 Å². The molecule has 0 aromatic rings. The van der Waals surface area contributed by atoms with Gasteiger partial charge in [0.2, 0.25) is 0 Å². The Morgan fingerprint density at radius 1 is 1.73 bits per heavy atom. The van der Waals surface area contributed by atoms with Crippen molar-refractivity contribution in [3.63, 3.8) is 0 Å². The van der Waals surface area contributed by atoms with Crippen molar-refractivity contribution in [2.75, 3.05) is 0 Å². The molecule has 0 aliphatic carbocycles. The van der Waals surface area contributed by atoms with Crippen molar-refractivity contribution in [2.45, 2.75) is 26.4 Å². The highest BCUT2D eigenvalue weighted by molar-refractivity contribution is 5.23. The minimum atomic E-state index is -0.483. The number of rotatable bonds is 3. The maximum Gasteiger partial charge on any atom is 0.0769 e. The average molecular weight is 150 g/mol. The van der Waals surface area contributed by atoms with Gasteiger partial charge in [-0.05, 0) is 19.4 Å². The first-order valence-corrected chi connectivity index (χ1v) is 3.53. The lowest BCUT2D eigenvalue weighted by Gasteiger charge is -2.03. The fourth-order valence-electron chi connectivity index (χ4n) is 0.755. The zero-order valence-corrected chi connectivity index (χ0v) is 7.09. The predicted octanol–water partition coefficient (Wildman–Crippen LogP) is 1.89. The summed E-state index contributed by atoms with van der Waals surface area (Å²) in [7, 11) is 0. The lowest BCUT2D eigenvalue weighted by molar-refractivity contribution is 0.224. The fraction of sp³-hybridized carbons (Fsp3) is 0.400. The maximum atomic E-state index is 9.29. The van der Waals surface area contributed by atoms with Gasteiger partial charge in [0.15, 0.2) is 0 Å². The molecule has 0 aliphatic rings. The van der Waals surface area contributed by atoms with Crippen LogP contribution < -0.4 is 0 Å². The lowest BCUT2D eigenvalue weighted by atomic mass is 10.1. The highest BCUT2D eigenvalue weighted by Crippen LogP contribution is 2.04. The van der Waals surface area contributed by atoms with Gasteiger partial charge in [-0.15, -0.1) is 6.42 Å². The molecule has 11 heavy (non-hydrogen) atoms. The first-order chi connectivity index (χ1) is 5.06. The normalized spacial score (nSPS) is 11.5. The molecule has 60 valence electrons. The van der Waals surface area contributed by atoms with Gasteiger partial charge in [0.25, 0.3) is 0 Å². The molecule has 0 saturated carbocycles. The Morgan fingerprint density at radius 2 is 2.27 bits per heavy atom. The predicted molar refractivity (Wildman–Crippen MR) is 48.0 cm³/mol. The summed E-state index contributed by atoms with van der Waals surface area (Å²) in [4.78, 5) is 0. The van der Waals surface area contributed by atoms with E-state index in [1.807, 2.05) is 13.8 Å². The summed E-state index contributed by atoms with van der Waals surface area (Å²) < 4.78 is 0. The van der Waals surface area contributed by atoms with Gasteiger partial charge in [0.1, 0.15) is 0 Å². The number of aliphatic hydroxyl groups excluding tert-OH is 1. The molecular weight excluding hydrogens is 136 g/mol. The molecule has 0 aliphatic heterocycles.